The van der Waals surface area contributed by atoms with Gasteiger partial charge in [0, 0.05) is 18.8 Å². The summed E-state index contributed by atoms with van der Waals surface area (Å²) in [5.74, 6) is 0. The van der Waals surface area contributed by atoms with Gasteiger partial charge in [0.15, 0.2) is 0 Å². The van der Waals surface area contributed by atoms with Crippen LogP contribution < -0.4 is 0 Å². The first-order valence-corrected chi connectivity index (χ1v) is 6.60. The first-order valence-electron chi connectivity index (χ1n) is 6.60. The van der Waals surface area contributed by atoms with Crippen LogP contribution in [0.15, 0.2) is 12.3 Å². The standard InChI is InChI=1S/C14H27N/c1-5-8-13(4)15-11-9-14(6-2,7-3)10-12-15/h4-12H2,1-3H3. The van der Waals surface area contributed by atoms with Crippen molar-refractivity contribution >= 4 is 0 Å². The van der Waals surface area contributed by atoms with E-state index in [-0.39, 0.29) is 0 Å². The molecule has 0 radical (unpaired) electrons. The SMILES string of the molecule is C=C(CCC)N1CCC(CC)(CC)CC1. The first-order chi connectivity index (χ1) is 7.17. The van der Waals surface area contributed by atoms with E-state index in [0.29, 0.717) is 5.41 Å². The van der Waals surface area contributed by atoms with E-state index in [1.807, 2.05) is 0 Å². The van der Waals surface area contributed by atoms with Crippen LogP contribution in [-0.2, 0) is 0 Å². The lowest BCUT2D eigenvalue weighted by Gasteiger charge is -2.42. The lowest BCUT2D eigenvalue weighted by molar-refractivity contribution is 0.115. The van der Waals surface area contributed by atoms with E-state index in [1.54, 1.807) is 0 Å². The number of piperidine rings is 1. The summed E-state index contributed by atoms with van der Waals surface area (Å²) < 4.78 is 0. The second-order valence-corrected chi connectivity index (χ2v) is 5.01. The fourth-order valence-corrected chi connectivity index (χ4v) is 2.70. The maximum Gasteiger partial charge on any atom is 0.0180 e. The lowest BCUT2D eigenvalue weighted by atomic mass is 9.74. The number of hydrogen-bond acceptors (Lipinski definition) is 1. The maximum atomic E-state index is 4.19. The number of nitrogens with zero attached hydrogens (tertiary/aromatic N) is 1. The number of allylic oxidation sites excluding steroid dienone is 1. The Morgan fingerprint density at radius 1 is 1.13 bits per heavy atom. The highest BCUT2D eigenvalue weighted by molar-refractivity contribution is 4.97. The van der Waals surface area contributed by atoms with Crippen LogP contribution in [-0.4, -0.2) is 18.0 Å². The van der Waals surface area contributed by atoms with Gasteiger partial charge < -0.3 is 4.90 Å². The number of rotatable bonds is 5. The molecule has 1 aliphatic heterocycles. The largest absolute Gasteiger partial charge is 0.375 e. The molecule has 0 N–H and O–H groups in total. The van der Waals surface area contributed by atoms with Crippen LogP contribution in [0.1, 0.15) is 59.3 Å². The molecule has 1 heteroatoms. The summed E-state index contributed by atoms with van der Waals surface area (Å²) in [5.41, 5.74) is 2.00. The van der Waals surface area contributed by atoms with E-state index in [4.69, 9.17) is 0 Å². The van der Waals surface area contributed by atoms with Gasteiger partial charge in [0.1, 0.15) is 0 Å². The summed E-state index contributed by atoms with van der Waals surface area (Å²) in [7, 11) is 0. The second kappa shape index (κ2) is 5.58. The Morgan fingerprint density at radius 2 is 1.67 bits per heavy atom. The van der Waals surface area contributed by atoms with Crippen molar-refractivity contribution in [3.05, 3.63) is 12.3 Å². The van der Waals surface area contributed by atoms with Crippen LogP contribution in [0.25, 0.3) is 0 Å². The average Bonchev–Trinajstić information content (AvgIpc) is 2.29. The van der Waals surface area contributed by atoms with Gasteiger partial charge in [-0.1, -0.05) is 46.6 Å². The highest BCUT2D eigenvalue weighted by Crippen LogP contribution is 2.38. The Bertz CT molecular complexity index is 193. The van der Waals surface area contributed by atoms with Crippen LogP contribution in [0.3, 0.4) is 0 Å². The van der Waals surface area contributed by atoms with E-state index >= 15 is 0 Å². The van der Waals surface area contributed by atoms with Crippen LogP contribution >= 0.6 is 0 Å². The molecule has 0 bridgehead atoms. The minimum Gasteiger partial charge on any atom is -0.375 e. The van der Waals surface area contributed by atoms with E-state index in [9.17, 15) is 0 Å². The topological polar surface area (TPSA) is 3.24 Å². The molecule has 0 aromatic rings. The Hall–Kier alpha value is -0.460. The van der Waals surface area contributed by atoms with Crippen molar-refractivity contribution in [3.63, 3.8) is 0 Å². The molecule has 1 saturated heterocycles. The molecule has 0 aliphatic carbocycles. The predicted octanol–water partition coefficient (Wildman–Crippen LogP) is 4.20. The van der Waals surface area contributed by atoms with Gasteiger partial charge in [0.2, 0.25) is 0 Å². The maximum absolute atomic E-state index is 4.19. The molecule has 0 aromatic heterocycles. The van der Waals surface area contributed by atoms with Crippen LogP contribution in [0, 0.1) is 5.41 Å². The van der Waals surface area contributed by atoms with Crippen LogP contribution in [0.5, 0.6) is 0 Å². The van der Waals surface area contributed by atoms with Crippen molar-refractivity contribution in [3.8, 4) is 0 Å². The molecule has 0 spiro atoms. The zero-order valence-electron chi connectivity index (χ0n) is 10.8. The molecule has 1 aliphatic rings. The Balaban J connectivity index is 2.44. The van der Waals surface area contributed by atoms with Crippen molar-refractivity contribution in [1.82, 2.24) is 4.90 Å². The number of likely N-dealkylation sites (tertiary alicyclic amines) is 1. The highest BCUT2D eigenvalue weighted by Gasteiger charge is 2.31. The van der Waals surface area contributed by atoms with Gasteiger partial charge in [0.05, 0.1) is 0 Å². The van der Waals surface area contributed by atoms with Gasteiger partial charge in [-0.2, -0.15) is 0 Å². The molecule has 0 amide bonds. The normalized spacial score (nSPS) is 20.3. The van der Waals surface area contributed by atoms with Gasteiger partial charge in [-0.25, -0.2) is 0 Å². The molecular formula is C14H27N. The zero-order chi connectivity index (χ0) is 11.3. The van der Waals surface area contributed by atoms with Gasteiger partial charge in [0.25, 0.3) is 0 Å². The van der Waals surface area contributed by atoms with Gasteiger partial charge >= 0.3 is 0 Å². The van der Waals surface area contributed by atoms with E-state index in [0.717, 1.165) is 0 Å². The summed E-state index contributed by atoms with van der Waals surface area (Å²) in [6, 6.07) is 0. The van der Waals surface area contributed by atoms with E-state index in [2.05, 4.69) is 32.3 Å². The summed E-state index contributed by atoms with van der Waals surface area (Å²) in [4.78, 5) is 2.51. The van der Waals surface area contributed by atoms with Crippen molar-refractivity contribution in [1.29, 1.82) is 0 Å². The first kappa shape index (κ1) is 12.6. The molecule has 1 nitrogen and oxygen atoms in total. The smallest absolute Gasteiger partial charge is 0.0180 e. The van der Waals surface area contributed by atoms with Crippen LogP contribution in [0.4, 0.5) is 0 Å². The fraction of sp³-hybridized carbons (Fsp3) is 0.857. The molecule has 1 rings (SSSR count). The Labute approximate surface area is 95.5 Å². The van der Waals surface area contributed by atoms with Gasteiger partial charge in [-0.3, -0.25) is 0 Å². The molecule has 0 saturated carbocycles. The molecule has 0 aromatic carbocycles. The van der Waals surface area contributed by atoms with E-state index < -0.39 is 0 Å². The third-order valence-electron chi connectivity index (χ3n) is 4.31. The molecular weight excluding hydrogens is 182 g/mol. The molecule has 15 heavy (non-hydrogen) atoms. The van der Waals surface area contributed by atoms with Gasteiger partial charge in [-0.15, -0.1) is 0 Å². The van der Waals surface area contributed by atoms with Crippen molar-refractivity contribution in [2.75, 3.05) is 13.1 Å². The predicted molar refractivity (Wildman–Crippen MR) is 67.9 cm³/mol. The summed E-state index contributed by atoms with van der Waals surface area (Å²) in [5, 5.41) is 0. The second-order valence-electron chi connectivity index (χ2n) is 5.01. The van der Waals surface area contributed by atoms with E-state index in [1.165, 1.54) is 57.3 Å². The summed E-state index contributed by atoms with van der Waals surface area (Å²) in [6.45, 7) is 13.6. The van der Waals surface area contributed by atoms with Gasteiger partial charge in [-0.05, 0) is 24.7 Å². The highest BCUT2D eigenvalue weighted by atomic mass is 15.1. The third kappa shape index (κ3) is 2.99. The zero-order valence-corrected chi connectivity index (χ0v) is 10.8. The average molecular weight is 209 g/mol. The molecule has 0 atom stereocenters. The Morgan fingerprint density at radius 3 is 2.07 bits per heavy atom. The lowest BCUT2D eigenvalue weighted by Crippen LogP contribution is -2.38. The minimum absolute atomic E-state index is 0.642. The fourth-order valence-electron chi connectivity index (χ4n) is 2.70. The third-order valence-corrected chi connectivity index (χ3v) is 4.31. The monoisotopic (exact) mass is 209 g/mol. The number of hydrogen-bond donors (Lipinski definition) is 0. The van der Waals surface area contributed by atoms with Crippen molar-refractivity contribution < 1.29 is 0 Å². The molecule has 88 valence electrons. The van der Waals surface area contributed by atoms with Crippen molar-refractivity contribution in [2.45, 2.75) is 59.3 Å². The molecule has 1 fully saturated rings. The molecule has 0 unspecified atom stereocenters. The Kier molecular flexibility index (Phi) is 4.69. The summed E-state index contributed by atoms with van der Waals surface area (Å²) in [6.07, 6.45) is 7.81. The van der Waals surface area contributed by atoms with Crippen LogP contribution in [0.2, 0.25) is 0 Å². The minimum atomic E-state index is 0.642. The summed E-state index contributed by atoms with van der Waals surface area (Å²) >= 11 is 0. The quantitative estimate of drug-likeness (QED) is 0.656. The molecule has 1 heterocycles. The van der Waals surface area contributed by atoms with Crippen molar-refractivity contribution in [2.24, 2.45) is 5.41 Å².